The molecule has 2 rings (SSSR count). The summed E-state index contributed by atoms with van der Waals surface area (Å²) >= 11 is 0. The van der Waals surface area contributed by atoms with Crippen molar-refractivity contribution in [3.63, 3.8) is 0 Å². The molecule has 2 heterocycles. The number of rotatable bonds is 4. The fourth-order valence-corrected chi connectivity index (χ4v) is 1.43. The summed E-state index contributed by atoms with van der Waals surface area (Å²) in [7, 11) is 0. The van der Waals surface area contributed by atoms with Gasteiger partial charge in [-0.05, 0) is 18.6 Å². The first-order valence-electron chi connectivity index (χ1n) is 5.06. The van der Waals surface area contributed by atoms with Crippen LogP contribution in [0.25, 0.3) is 0 Å². The van der Waals surface area contributed by atoms with E-state index in [1.54, 1.807) is 6.20 Å². The van der Waals surface area contributed by atoms with Crippen LogP contribution in [-0.4, -0.2) is 26.7 Å². The van der Waals surface area contributed by atoms with Crippen molar-refractivity contribution in [1.82, 2.24) is 20.2 Å². The molecule has 6 heteroatoms. The van der Waals surface area contributed by atoms with Crippen molar-refractivity contribution < 1.29 is 0 Å². The number of anilines is 2. The first-order chi connectivity index (χ1) is 7.75. The minimum absolute atomic E-state index is 0.679. The third-order valence-electron chi connectivity index (χ3n) is 2.22. The highest BCUT2D eigenvalue weighted by atomic mass is 15.2. The number of hydrogen-bond donors (Lipinski definition) is 3. The lowest BCUT2D eigenvalue weighted by Gasteiger charge is -2.07. The molecule has 0 saturated carbocycles. The Bertz CT molecular complexity index is 450. The summed E-state index contributed by atoms with van der Waals surface area (Å²) in [6.45, 7) is 2.73. The smallest absolute Gasteiger partial charge is 0.137 e. The first-order valence-corrected chi connectivity index (χ1v) is 5.06. The highest BCUT2D eigenvalue weighted by Crippen LogP contribution is 2.13. The molecule has 0 radical (unpaired) electrons. The normalized spacial score (nSPS) is 10.3. The predicted octanol–water partition coefficient (Wildman–Crippen LogP) is 0.745. The Labute approximate surface area is 93.3 Å². The van der Waals surface area contributed by atoms with Crippen LogP contribution in [-0.2, 0) is 6.42 Å². The highest BCUT2D eigenvalue weighted by Gasteiger charge is 2.00. The van der Waals surface area contributed by atoms with Crippen molar-refractivity contribution in [3.8, 4) is 0 Å². The Hall–Kier alpha value is -2.11. The van der Waals surface area contributed by atoms with Gasteiger partial charge in [0.05, 0.1) is 11.9 Å². The third-order valence-corrected chi connectivity index (χ3v) is 2.22. The molecule has 0 bridgehead atoms. The molecule has 0 aliphatic carbocycles. The molecule has 0 amide bonds. The molecule has 4 N–H and O–H groups in total. The van der Waals surface area contributed by atoms with Crippen LogP contribution in [0.15, 0.2) is 18.6 Å². The van der Waals surface area contributed by atoms with Gasteiger partial charge >= 0.3 is 0 Å². The van der Waals surface area contributed by atoms with Crippen LogP contribution < -0.4 is 11.1 Å². The molecule has 0 unspecified atom stereocenters. The first kappa shape index (κ1) is 10.4. The Balaban J connectivity index is 1.90. The molecule has 0 aliphatic rings. The van der Waals surface area contributed by atoms with Crippen molar-refractivity contribution in [2.75, 3.05) is 17.6 Å². The predicted molar refractivity (Wildman–Crippen MR) is 62.0 cm³/mol. The van der Waals surface area contributed by atoms with Crippen LogP contribution >= 0.6 is 0 Å². The zero-order valence-electron chi connectivity index (χ0n) is 9.07. The molecule has 0 spiro atoms. The molecule has 84 valence electrons. The summed E-state index contributed by atoms with van der Waals surface area (Å²) in [5.41, 5.74) is 7.34. The number of H-pyrrole nitrogens is 1. The molecule has 0 atom stereocenters. The minimum Gasteiger partial charge on any atom is -0.397 e. The zero-order chi connectivity index (χ0) is 11.4. The van der Waals surface area contributed by atoms with E-state index in [0.29, 0.717) is 5.69 Å². The number of aryl methyl sites for hydroxylation is 1. The van der Waals surface area contributed by atoms with Gasteiger partial charge in [-0.15, -0.1) is 0 Å². The quantitative estimate of drug-likeness (QED) is 0.704. The molecule has 0 saturated heterocycles. The topological polar surface area (TPSA) is 92.5 Å². The van der Waals surface area contributed by atoms with E-state index in [9.17, 15) is 0 Å². The molecule has 2 aromatic heterocycles. The Morgan fingerprint density at radius 2 is 2.31 bits per heavy atom. The standard InChI is InChI=1S/C10H14N6/c1-7-4-8(11)5-13-10(7)12-3-2-9-14-6-15-16-9/h4-6H,2-3,11H2,1H3,(H,12,13)(H,14,15,16). The van der Waals surface area contributed by atoms with Gasteiger partial charge < -0.3 is 11.1 Å². The van der Waals surface area contributed by atoms with Gasteiger partial charge in [-0.1, -0.05) is 0 Å². The van der Waals surface area contributed by atoms with Crippen molar-refractivity contribution in [3.05, 3.63) is 30.0 Å². The fourth-order valence-electron chi connectivity index (χ4n) is 1.43. The van der Waals surface area contributed by atoms with E-state index >= 15 is 0 Å². The number of pyridine rings is 1. The van der Waals surface area contributed by atoms with Crippen LogP contribution in [0.3, 0.4) is 0 Å². The van der Waals surface area contributed by atoms with Gasteiger partial charge in [0.2, 0.25) is 0 Å². The van der Waals surface area contributed by atoms with E-state index in [-0.39, 0.29) is 0 Å². The van der Waals surface area contributed by atoms with Gasteiger partial charge in [-0.2, -0.15) is 5.10 Å². The third kappa shape index (κ3) is 2.47. The van der Waals surface area contributed by atoms with Crippen molar-refractivity contribution in [2.24, 2.45) is 0 Å². The molecular formula is C10H14N6. The summed E-state index contributed by atoms with van der Waals surface area (Å²) in [6.07, 6.45) is 3.93. The number of nitrogens with zero attached hydrogens (tertiary/aromatic N) is 3. The second-order valence-corrected chi connectivity index (χ2v) is 3.54. The molecular weight excluding hydrogens is 204 g/mol. The van der Waals surface area contributed by atoms with E-state index in [1.807, 2.05) is 13.0 Å². The van der Waals surface area contributed by atoms with E-state index < -0.39 is 0 Å². The van der Waals surface area contributed by atoms with Crippen LogP contribution in [0, 0.1) is 6.92 Å². The van der Waals surface area contributed by atoms with Crippen molar-refractivity contribution in [2.45, 2.75) is 13.3 Å². The van der Waals surface area contributed by atoms with Gasteiger partial charge in [-0.25, -0.2) is 9.97 Å². The molecule has 0 aliphatic heterocycles. The lowest BCUT2D eigenvalue weighted by atomic mass is 10.2. The number of aromatic amines is 1. The number of aromatic nitrogens is 4. The van der Waals surface area contributed by atoms with Gasteiger partial charge in [0.1, 0.15) is 18.0 Å². The van der Waals surface area contributed by atoms with Crippen LogP contribution in [0.2, 0.25) is 0 Å². The van der Waals surface area contributed by atoms with Crippen LogP contribution in [0.5, 0.6) is 0 Å². The monoisotopic (exact) mass is 218 g/mol. The number of hydrogen-bond acceptors (Lipinski definition) is 5. The number of nitrogens with two attached hydrogens (primary N) is 1. The van der Waals surface area contributed by atoms with Gasteiger partial charge in [0, 0.05) is 13.0 Å². The highest BCUT2D eigenvalue weighted by molar-refractivity contribution is 5.50. The largest absolute Gasteiger partial charge is 0.397 e. The molecule has 16 heavy (non-hydrogen) atoms. The average molecular weight is 218 g/mol. The SMILES string of the molecule is Cc1cc(N)cnc1NCCc1ncn[nH]1. The Kier molecular flexibility index (Phi) is 3.00. The Morgan fingerprint density at radius 3 is 3.00 bits per heavy atom. The van der Waals surface area contributed by atoms with Gasteiger partial charge in [-0.3, -0.25) is 5.10 Å². The van der Waals surface area contributed by atoms with E-state index in [0.717, 1.165) is 30.2 Å². The van der Waals surface area contributed by atoms with E-state index in [2.05, 4.69) is 25.5 Å². The summed E-state index contributed by atoms with van der Waals surface area (Å²) in [5.74, 6) is 1.72. The zero-order valence-corrected chi connectivity index (χ0v) is 9.07. The molecule has 2 aromatic rings. The number of nitrogen functional groups attached to an aromatic ring is 1. The molecule has 0 fully saturated rings. The molecule has 0 aromatic carbocycles. The van der Waals surface area contributed by atoms with Crippen LogP contribution in [0.1, 0.15) is 11.4 Å². The second kappa shape index (κ2) is 4.61. The summed E-state index contributed by atoms with van der Waals surface area (Å²) in [5, 5.41) is 9.81. The lowest BCUT2D eigenvalue weighted by Crippen LogP contribution is -2.08. The lowest BCUT2D eigenvalue weighted by molar-refractivity contribution is 0.896. The van der Waals surface area contributed by atoms with Gasteiger partial charge in [0.15, 0.2) is 0 Å². The maximum Gasteiger partial charge on any atom is 0.137 e. The Morgan fingerprint density at radius 1 is 1.44 bits per heavy atom. The minimum atomic E-state index is 0.679. The summed E-state index contributed by atoms with van der Waals surface area (Å²) < 4.78 is 0. The van der Waals surface area contributed by atoms with E-state index in [1.165, 1.54) is 6.33 Å². The molecule has 6 nitrogen and oxygen atoms in total. The number of nitrogens with one attached hydrogen (secondary N) is 2. The summed E-state index contributed by atoms with van der Waals surface area (Å²) in [6, 6.07) is 1.89. The second-order valence-electron chi connectivity index (χ2n) is 3.54. The van der Waals surface area contributed by atoms with Gasteiger partial charge in [0.25, 0.3) is 0 Å². The fraction of sp³-hybridized carbons (Fsp3) is 0.300. The maximum atomic E-state index is 5.62. The van der Waals surface area contributed by atoms with Crippen molar-refractivity contribution in [1.29, 1.82) is 0 Å². The maximum absolute atomic E-state index is 5.62. The van der Waals surface area contributed by atoms with Crippen molar-refractivity contribution >= 4 is 11.5 Å². The average Bonchev–Trinajstić information content (AvgIpc) is 2.74. The van der Waals surface area contributed by atoms with Crippen LogP contribution in [0.4, 0.5) is 11.5 Å². The van der Waals surface area contributed by atoms with E-state index in [4.69, 9.17) is 5.73 Å². The summed E-state index contributed by atoms with van der Waals surface area (Å²) in [4.78, 5) is 8.25.